The van der Waals surface area contributed by atoms with Crippen LogP contribution in [0.15, 0.2) is 60.9 Å². The fraction of sp³-hybridized carbons (Fsp3) is 0.417. The van der Waals surface area contributed by atoms with E-state index in [1.54, 1.807) is 24.5 Å². The van der Waals surface area contributed by atoms with Crippen molar-refractivity contribution in [2.45, 2.75) is 51.1 Å². The van der Waals surface area contributed by atoms with Crippen LogP contribution in [0.1, 0.15) is 44.8 Å². The summed E-state index contributed by atoms with van der Waals surface area (Å²) in [5.41, 5.74) is 0.123. The minimum atomic E-state index is -0.819. The van der Waals surface area contributed by atoms with Crippen molar-refractivity contribution in [1.29, 1.82) is 0 Å². The molecule has 1 N–H and O–H groups in total. The summed E-state index contributed by atoms with van der Waals surface area (Å²) in [7, 11) is 0. The Morgan fingerprint density at radius 3 is 2.74 bits per heavy atom. The van der Waals surface area contributed by atoms with Crippen molar-refractivity contribution in [3.63, 3.8) is 0 Å². The van der Waals surface area contributed by atoms with Gasteiger partial charge in [-0.3, -0.25) is 9.78 Å². The van der Waals surface area contributed by atoms with Gasteiger partial charge in [-0.1, -0.05) is 18.2 Å². The van der Waals surface area contributed by atoms with Crippen LogP contribution < -0.4 is 4.74 Å². The zero-order valence-electron chi connectivity index (χ0n) is 17.7. The first-order valence-electron chi connectivity index (χ1n) is 10.3. The second kappa shape index (κ2) is 10.5. The zero-order chi connectivity index (χ0) is 22.3. The van der Waals surface area contributed by atoms with Gasteiger partial charge < -0.3 is 19.3 Å². The first-order valence-corrected chi connectivity index (χ1v) is 10.3. The number of halogens is 1. The largest absolute Gasteiger partial charge is 0.483 e. The molecule has 7 heteroatoms. The lowest BCUT2D eigenvalue weighted by Crippen LogP contribution is -2.50. The third kappa shape index (κ3) is 6.60. The van der Waals surface area contributed by atoms with E-state index in [0.29, 0.717) is 25.2 Å². The van der Waals surface area contributed by atoms with Crippen LogP contribution in [0.2, 0.25) is 0 Å². The molecule has 1 aliphatic heterocycles. The number of aromatic nitrogens is 1. The van der Waals surface area contributed by atoms with Gasteiger partial charge in [-0.2, -0.15) is 0 Å². The quantitative estimate of drug-likeness (QED) is 0.570. The molecule has 166 valence electrons. The monoisotopic (exact) mass is 429 g/mol. The van der Waals surface area contributed by atoms with E-state index in [4.69, 9.17) is 19.3 Å². The summed E-state index contributed by atoms with van der Waals surface area (Å²) < 4.78 is 31.6. The summed E-state index contributed by atoms with van der Waals surface area (Å²) in [5, 5.41) is 8.77. The molecule has 0 spiro atoms. The molecule has 0 unspecified atom stereocenters. The van der Waals surface area contributed by atoms with Crippen molar-refractivity contribution in [2.75, 3.05) is 6.61 Å². The predicted octanol–water partition coefficient (Wildman–Crippen LogP) is 4.92. The predicted molar refractivity (Wildman–Crippen MR) is 113 cm³/mol. The summed E-state index contributed by atoms with van der Waals surface area (Å²) in [5.74, 6) is -0.567. The average Bonchev–Trinajstić information content (AvgIpc) is 2.75. The molecule has 1 aromatic carbocycles. The molecule has 0 amide bonds. The first kappa shape index (κ1) is 22.9. The number of rotatable bonds is 9. The molecule has 2 heterocycles. The van der Waals surface area contributed by atoms with Gasteiger partial charge >= 0.3 is 5.97 Å². The van der Waals surface area contributed by atoms with E-state index in [-0.39, 0.29) is 24.3 Å². The van der Waals surface area contributed by atoms with Gasteiger partial charge in [-0.15, -0.1) is 0 Å². The number of benzene rings is 1. The number of hydrogen-bond donors (Lipinski definition) is 1. The van der Waals surface area contributed by atoms with Gasteiger partial charge in [0.2, 0.25) is 0 Å². The SMILES string of the molecule is CC(C)(Oc1ccc(F)cc1)[C@H]1OC[C@@H](C/C=C\CCC(=O)O)[C@@H](c2cccnc2)O1. The lowest BCUT2D eigenvalue weighted by atomic mass is 9.92. The molecule has 1 fully saturated rings. The minimum absolute atomic E-state index is 0.0446. The number of aliphatic carboxylic acids is 1. The molecule has 1 aromatic heterocycles. The molecule has 3 rings (SSSR count). The first-order chi connectivity index (χ1) is 14.8. The van der Waals surface area contributed by atoms with Crippen molar-refractivity contribution >= 4 is 5.97 Å². The Labute approximate surface area is 181 Å². The molecule has 0 saturated carbocycles. The van der Waals surface area contributed by atoms with Crippen LogP contribution in [0.3, 0.4) is 0 Å². The van der Waals surface area contributed by atoms with Gasteiger partial charge in [0.15, 0.2) is 11.9 Å². The minimum Gasteiger partial charge on any atom is -0.483 e. The van der Waals surface area contributed by atoms with Crippen LogP contribution in [-0.2, 0) is 14.3 Å². The number of nitrogens with zero attached hydrogens (tertiary/aromatic N) is 1. The third-order valence-corrected chi connectivity index (χ3v) is 5.07. The maximum atomic E-state index is 13.2. The number of ether oxygens (including phenoxy) is 3. The van der Waals surface area contributed by atoms with Crippen molar-refractivity contribution < 1.29 is 28.5 Å². The Bertz CT molecular complexity index is 869. The number of carboxylic acids is 1. The van der Waals surface area contributed by atoms with Crippen LogP contribution >= 0.6 is 0 Å². The number of allylic oxidation sites excluding steroid dienone is 2. The summed E-state index contributed by atoms with van der Waals surface area (Å²) >= 11 is 0. The fourth-order valence-electron chi connectivity index (χ4n) is 3.48. The third-order valence-electron chi connectivity index (χ3n) is 5.07. The molecule has 2 aromatic rings. The molecule has 3 atom stereocenters. The Morgan fingerprint density at radius 1 is 1.29 bits per heavy atom. The summed E-state index contributed by atoms with van der Waals surface area (Å²) in [6, 6.07) is 9.67. The fourth-order valence-corrected chi connectivity index (χ4v) is 3.48. The highest BCUT2D eigenvalue weighted by Gasteiger charge is 2.42. The highest BCUT2D eigenvalue weighted by molar-refractivity contribution is 5.66. The standard InChI is InChI=1S/C24H28FNO5/c1-24(2,31-20-12-10-19(25)11-13-20)23-29-16-18(7-4-3-5-9-21(27)28)22(30-23)17-8-6-14-26-15-17/h3-4,6,8,10-15,18,22-23H,5,7,9,16H2,1-2H3,(H,27,28)/b4-3-/t18-,22-,23+/m1/s1. The average molecular weight is 429 g/mol. The van der Waals surface area contributed by atoms with E-state index in [1.165, 1.54) is 12.1 Å². The topological polar surface area (TPSA) is 77.9 Å². The Hall–Kier alpha value is -2.77. The van der Waals surface area contributed by atoms with Crippen molar-refractivity contribution in [3.05, 3.63) is 72.3 Å². The lowest BCUT2D eigenvalue weighted by Gasteiger charge is -2.42. The zero-order valence-corrected chi connectivity index (χ0v) is 17.7. The summed E-state index contributed by atoms with van der Waals surface area (Å²) in [4.78, 5) is 14.9. The van der Waals surface area contributed by atoms with Crippen LogP contribution in [0, 0.1) is 11.7 Å². The van der Waals surface area contributed by atoms with E-state index in [9.17, 15) is 9.18 Å². The molecular weight excluding hydrogens is 401 g/mol. The van der Waals surface area contributed by atoms with E-state index >= 15 is 0 Å². The number of carboxylic acid groups (broad SMARTS) is 1. The number of pyridine rings is 1. The van der Waals surface area contributed by atoms with Crippen LogP contribution in [0.25, 0.3) is 0 Å². The molecule has 1 saturated heterocycles. The van der Waals surface area contributed by atoms with Gasteiger partial charge in [0.05, 0.1) is 12.7 Å². The van der Waals surface area contributed by atoms with Crippen LogP contribution in [-0.4, -0.2) is 34.6 Å². The van der Waals surface area contributed by atoms with Gasteiger partial charge in [-0.05, 0) is 62.6 Å². The second-order valence-corrected chi connectivity index (χ2v) is 8.07. The number of hydrogen-bond acceptors (Lipinski definition) is 5. The molecule has 31 heavy (non-hydrogen) atoms. The summed E-state index contributed by atoms with van der Waals surface area (Å²) in [6.45, 7) is 4.19. The maximum Gasteiger partial charge on any atom is 0.303 e. The van der Waals surface area contributed by atoms with Crippen LogP contribution in [0.5, 0.6) is 5.75 Å². The highest BCUT2D eigenvalue weighted by Crippen LogP contribution is 2.38. The Balaban J connectivity index is 1.70. The smallest absolute Gasteiger partial charge is 0.303 e. The van der Waals surface area contributed by atoms with E-state index in [1.807, 2.05) is 38.1 Å². The van der Waals surface area contributed by atoms with Gasteiger partial charge in [0.1, 0.15) is 11.6 Å². The van der Waals surface area contributed by atoms with E-state index in [0.717, 1.165) is 5.56 Å². The normalized spacial score (nSPS) is 21.8. The molecule has 0 radical (unpaired) electrons. The Morgan fingerprint density at radius 2 is 2.06 bits per heavy atom. The number of carbonyl (C=O) groups is 1. The van der Waals surface area contributed by atoms with Crippen molar-refractivity contribution in [3.8, 4) is 5.75 Å². The summed E-state index contributed by atoms with van der Waals surface area (Å²) in [6.07, 6.45) is 7.73. The van der Waals surface area contributed by atoms with Gasteiger partial charge in [-0.25, -0.2) is 4.39 Å². The molecule has 0 aliphatic carbocycles. The molecule has 1 aliphatic rings. The Kier molecular flexibility index (Phi) is 7.76. The van der Waals surface area contributed by atoms with E-state index in [2.05, 4.69) is 4.98 Å². The molecular formula is C24H28FNO5. The van der Waals surface area contributed by atoms with Gasteiger partial charge in [0.25, 0.3) is 0 Å². The molecule has 0 bridgehead atoms. The van der Waals surface area contributed by atoms with Crippen molar-refractivity contribution in [2.24, 2.45) is 5.92 Å². The maximum absolute atomic E-state index is 13.2. The highest BCUT2D eigenvalue weighted by atomic mass is 19.1. The van der Waals surface area contributed by atoms with Crippen LogP contribution in [0.4, 0.5) is 4.39 Å². The second-order valence-electron chi connectivity index (χ2n) is 8.07. The molecule has 6 nitrogen and oxygen atoms in total. The van der Waals surface area contributed by atoms with Gasteiger partial charge in [0, 0.05) is 24.7 Å². The van der Waals surface area contributed by atoms with Crippen molar-refractivity contribution in [1.82, 2.24) is 4.98 Å². The lowest BCUT2D eigenvalue weighted by molar-refractivity contribution is -0.288. The van der Waals surface area contributed by atoms with E-state index < -0.39 is 17.9 Å².